The number of pyridine rings is 1. The zero-order chi connectivity index (χ0) is 12.2. The molecule has 0 N–H and O–H groups in total. The highest BCUT2D eigenvalue weighted by Gasteiger charge is 2.32. The van der Waals surface area contributed by atoms with E-state index in [1.54, 1.807) is 12.4 Å². The summed E-state index contributed by atoms with van der Waals surface area (Å²) >= 11 is 0. The highest BCUT2D eigenvalue weighted by molar-refractivity contribution is 5.73. The van der Waals surface area contributed by atoms with E-state index in [1.807, 2.05) is 32.9 Å². The van der Waals surface area contributed by atoms with Gasteiger partial charge in [-0.05, 0) is 23.5 Å². The van der Waals surface area contributed by atoms with Crippen LogP contribution in [0.4, 0.5) is 0 Å². The molecule has 0 saturated carbocycles. The monoisotopic (exact) mass is 221 g/mol. The van der Waals surface area contributed by atoms with Crippen LogP contribution in [0.1, 0.15) is 26.3 Å². The van der Waals surface area contributed by atoms with Crippen molar-refractivity contribution in [2.45, 2.75) is 27.2 Å². The van der Waals surface area contributed by atoms with Gasteiger partial charge in [-0.15, -0.1) is 0 Å². The summed E-state index contributed by atoms with van der Waals surface area (Å²) in [6.45, 7) is 6.14. The molecule has 1 heterocycles. The van der Waals surface area contributed by atoms with Crippen molar-refractivity contribution < 1.29 is 9.53 Å². The Kier molecular flexibility index (Phi) is 4.05. The number of nitrogens with zero attached hydrogens (tertiary/aromatic N) is 1. The topological polar surface area (TPSA) is 39.2 Å². The molecule has 0 bridgehead atoms. The van der Waals surface area contributed by atoms with Gasteiger partial charge in [0, 0.05) is 12.4 Å². The highest BCUT2D eigenvalue weighted by atomic mass is 16.5. The van der Waals surface area contributed by atoms with Gasteiger partial charge in [0.1, 0.15) is 0 Å². The Balaban J connectivity index is 2.84. The summed E-state index contributed by atoms with van der Waals surface area (Å²) in [4.78, 5) is 15.8. The molecule has 0 aliphatic carbocycles. The van der Waals surface area contributed by atoms with E-state index in [0.717, 1.165) is 5.56 Å². The molecule has 1 unspecified atom stereocenters. The summed E-state index contributed by atoms with van der Waals surface area (Å²) in [6, 6.07) is 3.86. The van der Waals surface area contributed by atoms with Crippen molar-refractivity contribution in [3.8, 4) is 0 Å². The number of methoxy groups -OCH3 is 1. The predicted octanol–water partition coefficient (Wildman–Crippen LogP) is 2.46. The molecule has 0 aromatic carbocycles. The minimum atomic E-state index is -0.156. The molecule has 0 aliphatic heterocycles. The fraction of sp³-hybridized carbons (Fsp3) is 0.538. The SMILES string of the molecule is COC(=O)C(Cc1cccnc1)C(C)(C)C. The maximum absolute atomic E-state index is 11.7. The fourth-order valence-corrected chi connectivity index (χ4v) is 1.64. The van der Waals surface area contributed by atoms with Crippen molar-refractivity contribution in [3.05, 3.63) is 30.1 Å². The molecule has 0 radical (unpaired) electrons. The third-order valence-electron chi connectivity index (χ3n) is 2.69. The smallest absolute Gasteiger partial charge is 0.309 e. The number of esters is 1. The molecule has 88 valence electrons. The molecule has 0 saturated heterocycles. The third kappa shape index (κ3) is 3.33. The van der Waals surface area contributed by atoms with E-state index < -0.39 is 0 Å². The first-order chi connectivity index (χ1) is 7.45. The van der Waals surface area contributed by atoms with Gasteiger partial charge in [0.2, 0.25) is 0 Å². The van der Waals surface area contributed by atoms with Crippen molar-refractivity contribution in [1.82, 2.24) is 4.98 Å². The van der Waals surface area contributed by atoms with Crippen molar-refractivity contribution >= 4 is 5.97 Å². The standard InChI is InChI=1S/C13H19NO2/c1-13(2,3)11(12(15)16-4)8-10-6-5-7-14-9-10/h5-7,9,11H,8H2,1-4H3. The van der Waals surface area contributed by atoms with Crippen molar-refractivity contribution in [2.75, 3.05) is 7.11 Å². The number of carbonyl (C=O) groups is 1. The van der Waals surface area contributed by atoms with Gasteiger partial charge >= 0.3 is 5.97 Å². The van der Waals surface area contributed by atoms with Gasteiger partial charge in [-0.25, -0.2) is 0 Å². The van der Waals surface area contributed by atoms with E-state index in [1.165, 1.54) is 7.11 Å². The quantitative estimate of drug-likeness (QED) is 0.736. The van der Waals surface area contributed by atoms with Crippen LogP contribution >= 0.6 is 0 Å². The lowest BCUT2D eigenvalue weighted by atomic mass is 9.77. The summed E-state index contributed by atoms with van der Waals surface area (Å²) in [5.41, 5.74) is 0.955. The molecule has 1 aromatic rings. The van der Waals surface area contributed by atoms with Crippen molar-refractivity contribution in [1.29, 1.82) is 0 Å². The number of hydrogen-bond acceptors (Lipinski definition) is 3. The minimum Gasteiger partial charge on any atom is -0.469 e. The molecule has 1 aromatic heterocycles. The molecule has 3 nitrogen and oxygen atoms in total. The minimum absolute atomic E-state index is 0.108. The number of hydrogen-bond donors (Lipinski definition) is 0. The molecule has 16 heavy (non-hydrogen) atoms. The lowest BCUT2D eigenvalue weighted by Gasteiger charge is -2.28. The van der Waals surface area contributed by atoms with Gasteiger partial charge in [-0.2, -0.15) is 0 Å². The largest absolute Gasteiger partial charge is 0.469 e. The van der Waals surface area contributed by atoms with Crippen LogP contribution < -0.4 is 0 Å². The Morgan fingerprint density at radius 2 is 2.19 bits per heavy atom. The Bertz CT molecular complexity index is 341. The summed E-state index contributed by atoms with van der Waals surface area (Å²) in [6.07, 6.45) is 4.19. The molecule has 1 rings (SSSR count). The normalized spacial score (nSPS) is 13.2. The Morgan fingerprint density at radius 3 is 2.62 bits per heavy atom. The molecule has 0 amide bonds. The second-order valence-corrected chi connectivity index (χ2v) is 5.01. The van der Waals surface area contributed by atoms with Gasteiger partial charge in [0.05, 0.1) is 13.0 Å². The van der Waals surface area contributed by atoms with E-state index in [0.29, 0.717) is 6.42 Å². The summed E-state index contributed by atoms with van der Waals surface area (Å²) in [7, 11) is 1.43. The Hall–Kier alpha value is -1.38. The highest BCUT2D eigenvalue weighted by Crippen LogP contribution is 2.29. The maximum Gasteiger partial charge on any atom is 0.309 e. The molecule has 0 spiro atoms. The van der Waals surface area contributed by atoms with E-state index >= 15 is 0 Å². The third-order valence-corrected chi connectivity index (χ3v) is 2.69. The molecule has 1 atom stereocenters. The van der Waals surface area contributed by atoms with Gasteiger partial charge in [0.25, 0.3) is 0 Å². The van der Waals surface area contributed by atoms with Crippen LogP contribution in [0.15, 0.2) is 24.5 Å². The summed E-state index contributed by atoms with van der Waals surface area (Å²) < 4.78 is 4.85. The Morgan fingerprint density at radius 1 is 1.50 bits per heavy atom. The first kappa shape index (κ1) is 12.7. The van der Waals surface area contributed by atoms with E-state index in [-0.39, 0.29) is 17.3 Å². The predicted molar refractivity (Wildman–Crippen MR) is 62.9 cm³/mol. The first-order valence-corrected chi connectivity index (χ1v) is 5.42. The van der Waals surface area contributed by atoms with Crippen LogP contribution in [0.5, 0.6) is 0 Å². The van der Waals surface area contributed by atoms with E-state index in [2.05, 4.69) is 4.98 Å². The molecule has 3 heteroatoms. The van der Waals surface area contributed by atoms with E-state index in [4.69, 9.17) is 4.74 Å². The second kappa shape index (κ2) is 5.10. The van der Waals surface area contributed by atoms with Crippen molar-refractivity contribution in [2.24, 2.45) is 11.3 Å². The molecular formula is C13H19NO2. The van der Waals surface area contributed by atoms with Gasteiger partial charge in [-0.3, -0.25) is 9.78 Å². The maximum atomic E-state index is 11.7. The van der Waals surface area contributed by atoms with Crippen LogP contribution in [0.25, 0.3) is 0 Å². The molecule has 0 fully saturated rings. The Labute approximate surface area is 96.8 Å². The number of carbonyl (C=O) groups excluding carboxylic acids is 1. The zero-order valence-corrected chi connectivity index (χ0v) is 10.4. The second-order valence-electron chi connectivity index (χ2n) is 5.01. The van der Waals surface area contributed by atoms with Gasteiger partial charge < -0.3 is 4.74 Å². The lowest BCUT2D eigenvalue weighted by molar-refractivity contribution is -0.149. The van der Waals surface area contributed by atoms with Crippen LogP contribution in [0.2, 0.25) is 0 Å². The van der Waals surface area contributed by atoms with Crippen LogP contribution in [-0.2, 0) is 16.0 Å². The van der Waals surface area contributed by atoms with Crippen molar-refractivity contribution in [3.63, 3.8) is 0 Å². The molecular weight excluding hydrogens is 202 g/mol. The summed E-state index contributed by atoms with van der Waals surface area (Å²) in [5, 5.41) is 0. The van der Waals surface area contributed by atoms with Crippen LogP contribution in [0, 0.1) is 11.3 Å². The lowest BCUT2D eigenvalue weighted by Crippen LogP contribution is -2.31. The van der Waals surface area contributed by atoms with Gasteiger partial charge in [-0.1, -0.05) is 26.8 Å². The zero-order valence-electron chi connectivity index (χ0n) is 10.4. The average Bonchev–Trinajstić information content (AvgIpc) is 2.25. The van der Waals surface area contributed by atoms with Gasteiger partial charge in [0.15, 0.2) is 0 Å². The number of aromatic nitrogens is 1. The van der Waals surface area contributed by atoms with Crippen LogP contribution in [0.3, 0.4) is 0 Å². The van der Waals surface area contributed by atoms with E-state index in [9.17, 15) is 4.79 Å². The first-order valence-electron chi connectivity index (χ1n) is 5.42. The molecule has 0 aliphatic rings. The summed E-state index contributed by atoms with van der Waals surface area (Å²) in [5.74, 6) is -0.293. The fourth-order valence-electron chi connectivity index (χ4n) is 1.64. The van der Waals surface area contributed by atoms with Crippen LogP contribution in [-0.4, -0.2) is 18.1 Å². The number of rotatable bonds is 3. The average molecular weight is 221 g/mol. The number of ether oxygens (including phenoxy) is 1.